The normalized spacial score (nSPS) is 19.6. The minimum absolute atomic E-state index is 0.00728. The van der Waals surface area contributed by atoms with Crippen LogP contribution in [-0.2, 0) is 14.3 Å². The number of benzene rings is 1. The molecule has 0 aromatic heterocycles. The maximum absolute atomic E-state index is 12.2. The van der Waals surface area contributed by atoms with Crippen molar-refractivity contribution in [3.8, 4) is 0 Å². The molecule has 2 atom stereocenters. The molecule has 1 aromatic carbocycles. The first-order valence-corrected chi connectivity index (χ1v) is 7.64. The van der Waals surface area contributed by atoms with E-state index in [-0.39, 0.29) is 30.3 Å². The first-order valence-electron chi connectivity index (χ1n) is 7.64. The van der Waals surface area contributed by atoms with Crippen LogP contribution in [0.5, 0.6) is 0 Å². The second kappa shape index (κ2) is 7.25. The van der Waals surface area contributed by atoms with E-state index >= 15 is 0 Å². The van der Waals surface area contributed by atoms with E-state index < -0.39 is 0 Å². The van der Waals surface area contributed by atoms with Crippen LogP contribution in [0.2, 0.25) is 0 Å². The number of esters is 1. The molecule has 1 unspecified atom stereocenters. The molecule has 2 rings (SSSR count). The maximum Gasteiger partial charge on any atom is 0.311 e. The van der Waals surface area contributed by atoms with E-state index in [0.717, 1.165) is 18.4 Å². The third-order valence-corrected chi connectivity index (χ3v) is 3.98. The van der Waals surface area contributed by atoms with Crippen molar-refractivity contribution in [2.75, 3.05) is 13.2 Å². The lowest BCUT2D eigenvalue weighted by Crippen LogP contribution is -2.29. The molecule has 1 aliphatic rings. The molecule has 1 fully saturated rings. The highest BCUT2D eigenvalue weighted by Crippen LogP contribution is 2.28. The Balaban J connectivity index is 1.95. The van der Waals surface area contributed by atoms with Gasteiger partial charge in [-0.1, -0.05) is 43.7 Å². The number of nitrogens with zero attached hydrogens (tertiary/aromatic N) is 1. The summed E-state index contributed by atoms with van der Waals surface area (Å²) in [6.07, 6.45) is 2.13. The first kappa shape index (κ1) is 15.5. The van der Waals surface area contributed by atoms with Crippen molar-refractivity contribution in [1.29, 1.82) is 0 Å². The summed E-state index contributed by atoms with van der Waals surface area (Å²) in [5, 5.41) is 0. The molecular weight excluding hydrogens is 266 g/mol. The SMILES string of the molecule is CCCCOC(=O)C1CC(=O)N([C@H](C)c2ccccc2)C1. The van der Waals surface area contributed by atoms with E-state index in [1.807, 2.05) is 37.3 Å². The summed E-state index contributed by atoms with van der Waals surface area (Å²) in [5.74, 6) is -0.524. The number of likely N-dealkylation sites (tertiary alicyclic amines) is 1. The van der Waals surface area contributed by atoms with Crippen LogP contribution in [0.1, 0.15) is 44.7 Å². The van der Waals surface area contributed by atoms with Gasteiger partial charge in [0.15, 0.2) is 0 Å². The molecule has 21 heavy (non-hydrogen) atoms. The number of hydrogen-bond donors (Lipinski definition) is 0. The number of unbranched alkanes of at least 4 members (excludes halogenated alkanes) is 1. The summed E-state index contributed by atoms with van der Waals surface area (Å²) < 4.78 is 5.23. The lowest BCUT2D eigenvalue weighted by atomic mass is 10.1. The molecule has 1 aliphatic heterocycles. The number of hydrogen-bond acceptors (Lipinski definition) is 3. The zero-order valence-corrected chi connectivity index (χ0v) is 12.7. The average Bonchev–Trinajstić information content (AvgIpc) is 2.89. The Morgan fingerprint density at radius 1 is 1.38 bits per heavy atom. The Hall–Kier alpha value is -1.84. The minimum Gasteiger partial charge on any atom is -0.465 e. The lowest BCUT2D eigenvalue weighted by molar-refractivity contribution is -0.148. The number of ether oxygens (including phenoxy) is 1. The van der Waals surface area contributed by atoms with Crippen LogP contribution in [0.15, 0.2) is 30.3 Å². The van der Waals surface area contributed by atoms with Crippen LogP contribution >= 0.6 is 0 Å². The van der Waals surface area contributed by atoms with Gasteiger partial charge in [0, 0.05) is 13.0 Å². The molecule has 4 heteroatoms. The van der Waals surface area contributed by atoms with Crippen LogP contribution < -0.4 is 0 Å². The Morgan fingerprint density at radius 2 is 2.10 bits per heavy atom. The quantitative estimate of drug-likeness (QED) is 0.597. The zero-order chi connectivity index (χ0) is 15.2. The summed E-state index contributed by atoms with van der Waals surface area (Å²) in [6, 6.07) is 9.88. The van der Waals surface area contributed by atoms with Crippen molar-refractivity contribution >= 4 is 11.9 Å². The van der Waals surface area contributed by atoms with E-state index in [1.54, 1.807) is 4.90 Å². The Labute approximate surface area is 126 Å². The van der Waals surface area contributed by atoms with Gasteiger partial charge in [0.25, 0.3) is 0 Å². The highest BCUT2D eigenvalue weighted by molar-refractivity contribution is 5.87. The Bertz CT molecular complexity index is 486. The third kappa shape index (κ3) is 3.84. The number of carbonyl (C=O) groups is 2. The predicted molar refractivity (Wildman–Crippen MR) is 80.5 cm³/mol. The summed E-state index contributed by atoms with van der Waals surface area (Å²) in [6.45, 7) is 4.96. The van der Waals surface area contributed by atoms with E-state index in [0.29, 0.717) is 13.2 Å². The van der Waals surface area contributed by atoms with Gasteiger partial charge in [-0.3, -0.25) is 9.59 Å². The van der Waals surface area contributed by atoms with Gasteiger partial charge in [0.2, 0.25) is 5.91 Å². The summed E-state index contributed by atoms with van der Waals surface area (Å²) in [5.41, 5.74) is 1.09. The van der Waals surface area contributed by atoms with Gasteiger partial charge in [0.05, 0.1) is 18.6 Å². The molecule has 0 spiro atoms. The molecule has 0 radical (unpaired) electrons. The van der Waals surface area contributed by atoms with E-state index in [9.17, 15) is 9.59 Å². The van der Waals surface area contributed by atoms with Crippen LogP contribution in [0.4, 0.5) is 0 Å². The number of rotatable bonds is 6. The molecule has 1 heterocycles. The third-order valence-electron chi connectivity index (χ3n) is 3.98. The van der Waals surface area contributed by atoms with Gasteiger partial charge < -0.3 is 9.64 Å². The fourth-order valence-electron chi connectivity index (χ4n) is 2.61. The van der Waals surface area contributed by atoms with E-state index in [2.05, 4.69) is 6.92 Å². The van der Waals surface area contributed by atoms with Gasteiger partial charge >= 0.3 is 5.97 Å². The number of amides is 1. The van der Waals surface area contributed by atoms with Crippen LogP contribution in [-0.4, -0.2) is 29.9 Å². The highest BCUT2D eigenvalue weighted by atomic mass is 16.5. The van der Waals surface area contributed by atoms with E-state index in [1.165, 1.54) is 0 Å². The zero-order valence-electron chi connectivity index (χ0n) is 12.7. The summed E-state index contributed by atoms with van der Waals surface area (Å²) >= 11 is 0. The van der Waals surface area contributed by atoms with E-state index in [4.69, 9.17) is 4.74 Å². The molecule has 1 saturated heterocycles. The molecular formula is C17H23NO3. The molecule has 0 N–H and O–H groups in total. The molecule has 0 bridgehead atoms. The first-order chi connectivity index (χ1) is 10.1. The largest absolute Gasteiger partial charge is 0.465 e. The van der Waals surface area contributed by atoms with Crippen molar-refractivity contribution in [1.82, 2.24) is 4.90 Å². The molecule has 4 nitrogen and oxygen atoms in total. The Morgan fingerprint density at radius 3 is 2.76 bits per heavy atom. The average molecular weight is 289 g/mol. The van der Waals surface area contributed by atoms with Crippen LogP contribution in [0.3, 0.4) is 0 Å². The lowest BCUT2D eigenvalue weighted by Gasteiger charge is -2.25. The highest BCUT2D eigenvalue weighted by Gasteiger charge is 2.37. The van der Waals surface area contributed by atoms with Crippen molar-refractivity contribution in [3.05, 3.63) is 35.9 Å². The molecule has 0 saturated carbocycles. The second-order valence-corrected chi connectivity index (χ2v) is 5.55. The predicted octanol–water partition coefficient (Wildman–Crippen LogP) is 2.94. The minimum atomic E-state index is -0.319. The van der Waals surface area contributed by atoms with Gasteiger partial charge in [-0.05, 0) is 18.9 Å². The van der Waals surface area contributed by atoms with Crippen molar-refractivity contribution in [2.24, 2.45) is 5.92 Å². The topological polar surface area (TPSA) is 46.6 Å². The van der Waals surface area contributed by atoms with Gasteiger partial charge in [-0.2, -0.15) is 0 Å². The molecule has 0 aliphatic carbocycles. The summed E-state index contributed by atoms with van der Waals surface area (Å²) in [4.78, 5) is 25.9. The standard InChI is InChI=1S/C17H23NO3/c1-3-4-10-21-17(20)15-11-16(19)18(12-15)13(2)14-8-6-5-7-9-14/h5-9,13,15H,3-4,10-12H2,1-2H3/t13-,15?/m1/s1. The monoisotopic (exact) mass is 289 g/mol. The van der Waals surface area contributed by atoms with Crippen molar-refractivity contribution in [3.63, 3.8) is 0 Å². The van der Waals surface area contributed by atoms with Crippen LogP contribution in [0.25, 0.3) is 0 Å². The fraction of sp³-hybridized carbons (Fsp3) is 0.529. The van der Waals surface area contributed by atoms with Gasteiger partial charge in [0.1, 0.15) is 0 Å². The number of carbonyl (C=O) groups excluding carboxylic acids is 2. The van der Waals surface area contributed by atoms with Crippen molar-refractivity contribution in [2.45, 2.75) is 39.2 Å². The molecule has 114 valence electrons. The smallest absolute Gasteiger partial charge is 0.311 e. The van der Waals surface area contributed by atoms with Gasteiger partial charge in [-0.25, -0.2) is 0 Å². The van der Waals surface area contributed by atoms with Crippen LogP contribution in [0, 0.1) is 5.92 Å². The van der Waals surface area contributed by atoms with Crippen molar-refractivity contribution < 1.29 is 14.3 Å². The molecule has 1 amide bonds. The second-order valence-electron chi connectivity index (χ2n) is 5.55. The fourth-order valence-corrected chi connectivity index (χ4v) is 2.61. The Kier molecular flexibility index (Phi) is 5.37. The molecule has 1 aromatic rings. The van der Waals surface area contributed by atoms with Gasteiger partial charge in [-0.15, -0.1) is 0 Å². The maximum atomic E-state index is 12.2. The summed E-state index contributed by atoms with van der Waals surface area (Å²) in [7, 11) is 0.